The monoisotopic (exact) mass is 896 g/mol. The van der Waals surface area contributed by atoms with Crippen LogP contribution in [0.2, 0.25) is 0 Å². The maximum Gasteiger partial charge on any atom is 1.00 e. The molecule has 0 saturated heterocycles. The molecular formula is C43H54IKN8O3. The first-order valence-electron chi connectivity index (χ1n) is 18.3. The Hall–Kier alpha value is -3.25. The van der Waals surface area contributed by atoms with Crippen LogP contribution in [0.5, 0.6) is 0 Å². The van der Waals surface area contributed by atoms with Crippen molar-refractivity contribution in [3.63, 3.8) is 0 Å². The van der Waals surface area contributed by atoms with Crippen molar-refractivity contribution in [2.24, 2.45) is 14.1 Å². The van der Waals surface area contributed by atoms with Crippen LogP contribution in [0.4, 0.5) is 11.4 Å². The van der Waals surface area contributed by atoms with Gasteiger partial charge in [0.05, 0.1) is 17.6 Å². The van der Waals surface area contributed by atoms with E-state index in [1.807, 2.05) is 59.9 Å². The summed E-state index contributed by atoms with van der Waals surface area (Å²) in [7, 11) is 4.88. The fraction of sp³-hybridized carbons (Fsp3) is 0.302. The zero-order chi connectivity index (χ0) is 38.5. The van der Waals surface area contributed by atoms with E-state index in [4.69, 9.17) is 10.8 Å². The summed E-state index contributed by atoms with van der Waals surface area (Å²) >= 11 is 0. The van der Waals surface area contributed by atoms with Crippen molar-refractivity contribution in [1.82, 2.24) is 28.9 Å². The molecule has 0 amide bonds. The van der Waals surface area contributed by atoms with E-state index in [-0.39, 0.29) is 86.0 Å². The van der Waals surface area contributed by atoms with E-state index < -0.39 is 0 Å². The number of nitro benzene ring substituents is 1. The number of aromatic nitrogens is 4. The van der Waals surface area contributed by atoms with E-state index in [0.29, 0.717) is 0 Å². The summed E-state index contributed by atoms with van der Waals surface area (Å²) in [6.07, 6.45) is 15.1. The summed E-state index contributed by atoms with van der Waals surface area (Å²) in [6.45, 7) is 6.47. The predicted octanol–water partition coefficient (Wildman–Crippen LogP) is 0.522. The number of nitro groups is 1. The minimum atomic E-state index is -0.356. The summed E-state index contributed by atoms with van der Waals surface area (Å²) in [5.41, 5.74) is 15.1. The van der Waals surface area contributed by atoms with Gasteiger partial charge in [-0.3, -0.25) is 19.9 Å². The normalized spacial score (nSPS) is 12.6. The number of hydrogen-bond acceptors (Lipinski definition) is 8. The molecule has 4 aromatic carbocycles. The fourth-order valence-corrected chi connectivity index (χ4v) is 6.18. The molecule has 13 heteroatoms. The number of aliphatic hydroxyl groups excluding tert-OH is 1. The van der Waals surface area contributed by atoms with Crippen molar-refractivity contribution in [3.05, 3.63) is 178 Å². The van der Waals surface area contributed by atoms with Crippen molar-refractivity contribution in [2.75, 3.05) is 39.0 Å². The minimum absolute atomic E-state index is 0. The number of aliphatic hydroxyl groups is 1. The van der Waals surface area contributed by atoms with Gasteiger partial charge in [0.15, 0.2) is 0 Å². The topological polar surface area (TPSA) is 132 Å². The van der Waals surface area contributed by atoms with Crippen LogP contribution in [-0.4, -0.2) is 72.2 Å². The van der Waals surface area contributed by atoms with E-state index in [0.717, 1.165) is 70.3 Å². The Kier molecular flexibility index (Phi) is 23.9. The molecule has 11 nitrogen and oxygen atoms in total. The molecule has 0 atom stereocenters. The SMILES string of the molecule is CO.Cn1ccnc1.Cn1ccnc1.Nc1ccc(CCN2CCc3ccccc3C2)cc1.O=[N+]([O-])c1ccc(CCN2CCc3ccccc3C2)cc1.[I-].[K+]. The van der Waals surface area contributed by atoms with Gasteiger partial charge in [-0.05, 0) is 71.2 Å². The van der Waals surface area contributed by atoms with Gasteiger partial charge in [0.25, 0.3) is 5.69 Å². The van der Waals surface area contributed by atoms with Crippen LogP contribution >= 0.6 is 0 Å². The van der Waals surface area contributed by atoms with Crippen molar-refractivity contribution in [3.8, 4) is 0 Å². The van der Waals surface area contributed by atoms with Crippen molar-refractivity contribution >= 4 is 11.4 Å². The number of rotatable bonds is 7. The first kappa shape index (κ1) is 48.9. The molecule has 2 aromatic heterocycles. The van der Waals surface area contributed by atoms with E-state index in [1.165, 1.54) is 40.8 Å². The van der Waals surface area contributed by atoms with Gasteiger partial charge in [-0.2, -0.15) is 0 Å². The molecule has 0 spiro atoms. The third-order valence-corrected chi connectivity index (χ3v) is 9.25. The van der Waals surface area contributed by atoms with E-state index >= 15 is 0 Å². The Morgan fingerprint density at radius 1 is 0.661 bits per heavy atom. The Labute approximate surface area is 391 Å². The van der Waals surface area contributed by atoms with Gasteiger partial charge in [0, 0.05) is 103 Å². The molecule has 6 aromatic rings. The van der Waals surface area contributed by atoms with Gasteiger partial charge in [-0.15, -0.1) is 0 Å². The van der Waals surface area contributed by atoms with Crippen LogP contribution < -0.4 is 81.1 Å². The van der Waals surface area contributed by atoms with Gasteiger partial charge >= 0.3 is 51.4 Å². The quantitative estimate of drug-likeness (QED) is 0.0781. The molecule has 0 fully saturated rings. The summed E-state index contributed by atoms with van der Waals surface area (Å²) in [6, 6.07) is 32.5. The summed E-state index contributed by atoms with van der Waals surface area (Å²) in [4.78, 5) is 22.8. The smallest absolute Gasteiger partial charge is 1.00 e. The van der Waals surface area contributed by atoms with Crippen LogP contribution in [0.25, 0.3) is 0 Å². The number of hydrogen-bond donors (Lipinski definition) is 2. The molecule has 0 saturated carbocycles. The fourth-order valence-electron chi connectivity index (χ4n) is 6.18. The zero-order valence-corrected chi connectivity index (χ0v) is 38.4. The molecule has 8 rings (SSSR count). The Balaban J connectivity index is 0.000000282. The number of halogens is 1. The molecule has 4 heterocycles. The number of anilines is 1. The molecule has 56 heavy (non-hydrogen) atoms. The minimum Gasteiger partial charge on any atom is -1.00 e. The second-order valence-corrected chi connectivity index (χ2v) is 13.2. The average Bonchev–Trinajstić information content (AvgIpc) is 3.91. The second-order valence-electron chi connectivity index (χ2n) is 13.2. The van der Waals surface area contributed by atoms with Gasteiger partial charge in [-0.25, -0.2) is 9.97 Å². The summed E-state index contributed by atoms with van der Waals surface area (Å²) in [5, 5.41) is 17.6. The van der Waals surface area contributed by atoms with Gasteiger partial charge < -0.3 is 44.0 Å². The standard InChI is InChI=1S/C17H18N2O2.C17H20N2.2C4H6N2.CH4O.HI.K/c20-19(21)17-7-5-14(6-8-17)9-11-18-12-10-15-3-1-2-4-16(15)13-18;18-17-7-5-14(6-8-17)9-11-19-12-10-15-3-1-2-4-16(15)13-19;2*1-6-3-2-5-4-6;1-2;;/h1-8H,9-13H2;1-8H,9-13,18H2;2*2-4H,1H3;2H,1H3;1H;/q;;;;;;+1/p-1. The molecule has 0 radical (unpaired) electrons. The molecule has 2 aliphatic heterocycles. The third kappa shape index (κ3) is 17.5. The molecule has 0 unspecified atom stereocenters. The number of nitrogens with two attached hydrogens (primary N) is 1. The Bertz CT molecular complexity index is 1890. The van der Waals surface area contributed by atoms with Gasteiger partial charge in [0.2, 0.25) is 0 Å². The first-order chi connectivity index (χ1) is 26.3. The largest absolute Gasteiger partial charge is 1.00 e. The van der Waals surface area contributed by atoms with E-state index in [1.54, 1.807) is 37.2 Å². The maximum atomic E-state index is 10.6. The van der Waals surface area contributed by atoms with Crippen LogP contribution in [0, 0.1) is 10.1 Å². The van der Waals surface area contributed by atoms with Crippen LogP contribution in [0.3, 0.4) is 0 Å². The molecule has 292 valence electrons. The van der Waals surface area contributed by atoms with Gasteiger partial charge in [0.1, 0.15) is 0 Å². The maximum absolute atomic E-state index is 10.6. The molecule has 0 aliphatic carbocycles. The van der Waals surface area contributed by atoms with E-state index in [9.17, 15) is 10.1 Å². The van der Waals surface area contributed by atoms with Crippen molar-refractivity contribution in [1.29, 1.82) is 0 Å². The molecule has 0 bridgehead atoms. The van der Waals surface area contributed by atoms with Crippen LogP contribution in [0.15, 0.2) is 135 Å². The first-order valence-corrected chi connectivity index (χ1v) is 18.3. The third-order valence-electron chi connectivity index (χ3n) is 9.25. The number of nitrogens with zero attached hydrogens (tertiary/aromatic N) is 7. The molecular weight excluding hydrogens is 843 g/mol. The van der Waals surface area contributed by atoms with Crippen molar-refractivity contribution in [2.45, 2.75) is 38.8 Å². The van der Waals surface area contributed by atoms with E-state index in [2.05, 4.69) is 80.4 Å². The average molecular weight is 897 g/mol. The van der Waals surface area contributed by atoms with Crippen LogP contribution in [-0.2, 0) is 52.9 Å². The van der Waals surface area contributed by atoms with Gasteiger partial charge in [-0.1, -0.05) is 72.8 Å². The number of aryl methyl sites for hydroxylation is 2. The number of imidazole rings is 2. The Morgan fingerprint density at radius 3 is 1.39 bits per heavy atom. The van der Waals surface area contributed by atoms with Crippen molar-refractivity contribution < 1.29 is 85.4 Å². The number of fused-ring (bicyclic) bond motifs is 2. The Morgan fingerprint density at radius 2 is 1.05 bits per heavy atom. The number of non-ortho nitro benzene ring substituents is 1. The molecule has 3 N–H and O–H groups in total. The number of benzene rings is 4. The number of nitrogen functional groups attached to an aromatic ring is 1. The summed E-state index contributed by atoms with van der Waals surface area (Å²) in [5.74, 6) is 0. The molecule has 2 aliphatic rings. The predicted molar refractivity (Wildman–Crippen MR) is 217 cm³/mol. The summed E-state index contributed by atoms with van der Waals surface area (Å²) < 4.78 is 3.78. The van der Waals surface area contributed by atoms with Crippen LogP contribution in [0.1, 0.15) is 33.4 Å². The zero-order valence-electron chi connectivity index (χ0n) is 33.1. The second kappa shape index (κ2) is 27.4.